The van der Waals surface area contributed by atoms with Gasteiger partial charge in [-0.1, -0.05) is 0 Å². The Kier molecular flexibility index (Phi) is 6.06. The molecule has 2 aromatic rings. The first-order chi connectivity index (χ1) is 12.1. The fraction of sp³-hybridized carbons (Fsp3) is 0.529. The Morgan fingerprint density at radius 3 is 3.00 bits per heavy atom. The normalized spacial score (nSPS) is 23.1. The number of amides is 1. The van der Waals surface area contributed by atoms with E-state index in [1.165, 1.54) is 0 Å². The molecule has 142 valence electrons. The van der Waals surface area contributed by atoms with Crippen molar-refractivity contribution in [2.45, 2.75) is 37.8 Å². The second kappa shape index (κ2) is 8.12. The van der Waals surface area contributed by atoms with Gasteiger partial charge in [0.05, 0.1) is 21.2 Å². The minimum atomic E-state index is -0.364. The molecule has 4 heterocycles. The number of carbonyl (C=O) groups is 1. The topological polar surface area (TPSA) is 96.3 Å². The van der Waals surface area contributed by atoms with Crippen LogP contribution >= 0.6 is 28.3 Å². The number of carbonyl (C=O) groups excluding carboxylic acids is 1. The maximum atomic E-state index is 12.5. The van der Waals surface area contributed by atoms with E-state index in [9.17, 15) is 4.79 Å². The first kappa shape index (κ1) is 19.4. The summed E-state index contributed by atoms with van der Waals surface area (Å²) in [6, 6.07) is 0.160. The fourth-order valence-electron chi connectivity index (χ4n) is 3.67. The summed E-state index contributed by atoms with van der Waals surface area (Å²) < 4.78 is 6.39. The largest absolute Gasteiger partial charge is 0.368 e. The summed E-state index contributed by atoms with van der Waals surface area (Å²) in [6.45, 7) is 2.38. The lowest BCUT2D eigenvalue weighted by Crippen LogP contribution is -2.43. The number of halogens is 2. The van der Waals surface area contributed by atoms with Crippen molar-refractivity contribution in [2.24, 2.45) is 5.73 Å². The molecule has 7 nitrogen and oxygen atoms in total. The Bertz CT molecular complexity index is 793. The monoisotopic (exact) mass is 443 g/mol. The van der Waals surface area contributed by atoms with Crippen LogP contribution in [0, 0.1) is 0 Å². The van der Waals surface area contributed by atoms with E-state index in [-0.39, 0.29) is 30.5 Å². The van der Waals surface area contributed by atoms with E-state index in [2.05, 4.69) is 36.1 Å². The van der Waals surface area contributed by atoms with E-state index < -0.39 is 0 Å². The Morgan fingerprint density at radius 1 is 1.42 bits per heavy atom. The molecule has 2 saturated heterocycles. The van der Waals surface area contributed by atoms with E-state index in [0.29, 0.717) is 6.61 Å². The molecular formula is C17H23BrClN5O2. The number of hydrogen-bond donors (Lipinski definition) is 3. The number of hydrogen-bond acceptors (Lipinski definition) is 5. The SMILES string of the molecule is Cl.NC1CCCN(c2c(Br)cnc3[nH]cc(NC(=O)C4CCCO4)c23)C1. The van der Waals surface area contributed by atoms with Crippen molar-refractivity contribution in [3.05, 3.63) is 16.9 Å². The number of fused-ring (bicyclic) bond motifs is 1. The van der Waals surface area contributed by atoms with Gasteiger partial charge in [0.15, 0.2) is 0 Å². The molecule has 0 aliphatic carbocycles. The molecule has 2 aromatic heterocycles. The minimum Gasteiger partial charge on any atom is -0.368 e. The minimum absolute atomic E-state index is 0. The van der Waals surface area contributed by atoms with Crippen molar-refractivity contribution >= 4 is 56.7 Å². The summed E-state index contributed by atoms with van der Waals surface area (Å²) >= 11 is 3.63. The molecular weight excluding hydrogens is 422 g/mol. The highest BCUT2D eigenvalue weighted by Crippen LogP contribution is 2.39. The van der Waals surface area contributed by atoms with Crippen LogP contribution in [0.2, 0.25) is 0 Å². The standard InChI is InChI=1S/C17H22BrN5O2.ClH/c18-11-7-20-16-14(15(11)23-5-1-3-10(19)9-23)12(8-21-16)22-17(24)13-4-2-6-25-13;/h7-8,10,13H,1-6,9,19H2,(H,20,21)(H,22,24);1H. The van der Waals surface area contributed by atoms with Crippen LogP contribution in [0.1, 0.15) is 25.7 Å². The zero-order chi connectivity index (χ0) is 17.4. The Balaban J connectivity index is 0.00000196. The molecule has 4 N–H and O–H groups in total. The second-order valence-corrected chi connectivity index (χ2v) is 7.57. The number of nitrogens with one attached hydrogen (secondary N) is 2. The molecule has 2 aliphatic rings. The summed E-state index contributed by atoms with van der Waals surface area (Å²) in [5.74, 6) is -0.0975. The van der Waals surface area contributed by atoms with E-state index in [1.54, 1.807) is 12.4 Å². The number of pyridine rings is 1. The van der Waals surface area contributed by atoms with Gasteiger partial charge in [-0.15, -0.1) is 12.4 Å². The van der Waals surface area contributed by atoms with Crippen LogP contribution < -0.4 is 16.0 Å². The van der Waals surface area contributed by atoms with Gasteiger partial charge in [-0.3, -0.25) is 4.79 Å². The number of nitrogens with two attached hydrogens (primary N) is 1. The number of nitrogens with zero attached hydrogens (tertiary/aromatic N) is 2. The summed E-state index contributed by atoms with van der Waals surface area (Å²) in [7, 11) is 0. The van der Waals surface area contributed by atoms with Crippen LogP contribution in [-0.4, -0.2) is 47.7 Å². The lowest BCUT2D eigenvalue weighted by atomic mass is 10.1. The van der Waals surface area contributed by atoms with Gasteiger partial charge < -0.3 is 25.7 Å². The average molecular weight is 445 g/mol. The second-order valence-electron chi connectivity index (χ2n) is 6.72. The maximum absolute atomic E-state index is 12.5. The van der Waals surface area contributed by atoms with Crippen LogP contribution in [0.15, 0.2) is 16.9 Å². The van der Waals surface area contributed by atoms with Crippen LogP contribution in [-0.2, 0) is 9.53 Å². The molecule has 2 fully saturated rings. The van der Waals surface area contributed by atoms with Gasteiger partial charge in [0.1, 0.15) is 11.8 Å². The molecule has 2 atom stereocenters. The van der Waals surface area contributed by atoms with E-state index in [0.717, 1.165) is 65.7 Å². The molecule has 26 heavy (non-hydrogen) atoms. The summed E-state index contributed by atoms with van der Waals surface area (Å²) in [6.07, 6.45) is 7.01. The van der Waals surface area contributed by atoms with Gasteiger partial charge >= 0.3 is 0 Å². The van der Waals surface area contributed by atoms with Crippen molar-refractivity contribution in [3.8, 4) is 0 Å². The zero-order valence-electron chi connectivity index (χ0n) is 14.3. The third kappa shape index (κ3) is 3.69. The first-order valence-electron chi connectivity index (χ1n) is 8.72. The molecule has 2 unspecified atom stereocenters. The zero-order valence-corrected chi connectivity index (χ0v) is 16.7. The van der Waals surface area contributed by atoms with Gasteiger partial charge in [-0.25, -0.2) is 4.98 Å². The van der Waals surface area contributed by atoms with Crippen molar-refractivity contribution in [1.29, 1.82) is 0 Å². The maximum Gasteiger partial charge on any atom is 0.253 e. The first-order valence-corrected chi connectivity index (χ1v) is 9.51. The number of H-pyrrole nitrogens is 1. The molecule has 2 aliphatic heterocycles. The van der Waals surface area contributed by atoms with Crippen LogP contribution in [0.5, 0.6) is 0 Å². The van der Waals surface area contributed by atoms with Crippen molar-refractivity contribution in [3.63, 3.8) is 0 Å². The van der Waals surface area contributed by atoms with Gasteiger partial charge in [0.25, 0.3) is 5.91 Å². The van der Waals surface area contributed by atoms with Crippen LogP contribution in [0.3, 0.4) is 0 Å². The summed E-state index contributed by atoms with van der Waals surface area (Å²) in [5, 5.41) is 3.92. The highest BCUT2D eigenvalue weighted by atomic mass is 79.9. The van der Waals surface area contributed by atoms with Crippen LogP contribution in [0.25, 0.3) is 11.0 Å². The molecule has 0 spiro atoms. The highest BCUT2D eigenvalue weighted by Gasteiger charge is 2.27. The number of rotatable bonds is 3. The van der Waals surface area contributed by atoms with E-state index >= 15 is 0 Å². The van der Waals surface area contributed by atoms with E-state index in [1.807, 2.05) is 0 Å². The smallest absolute Gasteiger partial charge is 0.253 e. The quantitative estimate of drug-likeness (QED) is 0.676. The third-order valence-corrected chi connectivity index (χ3v) is 5.46. The third-order valence-electron chi connectivity index (χ3n) is 4.88. The number of piperidine rings is 1. The average Bonchev–Trinajstić information content (AvgIpc) is 3.25. The summed E-state index contributed by atoms with van der Waals surface area (Å²) in [5.41, 5.74) is 8.68. The molecule has 1 amide bonds. The van der Waals surface area contributed by atoms with Crippen molar-refractivity contribution in [1.82, 2.24) is 9.97 Å². The highest BCUT2D eigenvalue weighted by molar-refractivity contribution is 9.10. The number of anilines is 2. The molecule has 0 aromatic carbocycles. The fourth-order valence-corrected chi connectivity index (χ4v) is 4.23. The molecule has 0 bridgehead atoms. The number of aromatic amines is 1. The number of aromatic nitrogens is 2. The molecule has 4 rings (SSSR count). The Hall–Kier alpha value is -1.35. The van der Waals surface area contributed by atoms with Crippen LogP contribution in [0.4, 0.5) is 11.4 Å². The van der Waals surface area contributed by atoms with Gasteiger partial charge in [-0.05, 0) is 41.6 Å². The van der Waals surface area contributed by atoms with Gasteiger partial charge in [0, 0.05) is 38.1 Å². The number of ether oxygens (including phenoxy) is 1. The lowest BCUT2D eigenvalue weighted by Gasteiger charge is -2.33. The van der Waals surface area contributed by atoms with E-state index in [4.69, 9.17) is 10.5 Å². The lowest BCUT2D eigenvalue weighted by molar-refractivity contribution is -0.124. The molecule has 0 saturated carbocycles. The Morgan fingerprint density at radius 2 is 2.27 bits per heavy atom. The predicted molar refractivity (Wildman–Crippen MR) is 108 cm³/mol. The van der Waals surface area contributed by atoms with Crippen molar-refractivity contribution in [2.75, 3.05) is 29.9 Å². The van der Waals surface area contributed by atoms with Crippen molar-refractivity contribution < 1.29 is 9.53 Å². The van der Waals surface area contributed by atoms with Gasteiger partial charge in [-0.2, -0.15) is 0 Å². The predicted octanol–water partition coefficient (Wildman–Crippen LogP) is 2.79. The Labute approximate surface area is 166 Å². The summed E-state index contributed by atoms with van der Waals surface area (Å²) in [4.78, 5) is 22.3. The van der Waals surface area contributed by atoms with Gasteiger partial charge in [0.2, 0.25) is 0 Å². The molecule has 9 heteroatoms. The molecule has 0 radical (unpaired) electrons.